The van der Waals surface area contributed by atoms with Crippen LogP contribution in [-0.2, 0) is 0 Å². The summed E-state index contributed by atoms with van der Waals surface area (Å²) in [5, 5.41) is 8.72. The Hall–Kier alpha value is -1.96. The molecular formula is C10H13N5. The highest BCUT2D eigenvalue weighted by atomic mass is 15.3. The standard InChI is InChI=1S/C10H13N5/c11-8-14-3-5-15(6-4-14)9-1-2-13-10(12)7-9/h1-2,7H,3-6H2,(H2,12,13). The summed E-state index contributed by atoms with van der Waals surface area (Å²) < 4.78 is 0. The molecule has 1 aromatic rings. The van der Waals surface area contributed by atoms with Gasteiger partial charge in [0.2, 0.25) is 0 Å². The summed E-state index contributed by atoms with van der Waals surface area (Å²) in [5.74, 6) is 0.537. The molecule has 2 rings (SSSR count). The Balaban J connectivity index is 2.05. The molecule has 0 bridgehead atoms. The monoisotopic (exact) mass is 203 g/mol. The number of nitrogens with two attached hydrogens (primary N) is 1. The second-order valence-corrected chi connectivity index (χ2v) is 3.51. The molecule has 0 unspecified atom stereocenters. The third-order valence-corrected chi connectivity index (χ3v) is 2.55. The van der Waals surface area contributed by atoms with Gasteiger partial charge in [-0.1, -0.05) is 0 Å². The second-order valence-electron chi connectivity index (χ2n) is 3.51. The number of hydrogen-bond acceptors (Lipinski definition) is 5. The van der Waals surface area contributed by atoms with Crippen molar-refractivity contribution in [3.05, 3.63) is 18.3 Å². The van der Waals surface area contributed by atoms with Gasteiger partial charge in [0.1, 0.15) is 5.82 Å². The van der Waals surface area contributed by atoms with E-state index in [0.29, 0.717) is 5.82 Å². The molecule has 1 saturated heterocycles. The van der Waals surface area contributed by atoms with Gasteiger partial charge in [0.25, 0.3) is 0 Å². The smallest absolute Gasteiger partial charge is 0.179 e. The Morgan fingerprint density at radius 1 is 1.33 bits per heavy atom. The third kappa shape index (κ3) is 2.10. The molecular weight excluding hydrogens is 190 g/mol. The lowest BCUT2D eigenvalue weighted by atomic mass is 10.3. The fourth-order valence-electron chi connectivity index (χ4n) is 1.70. The Morgan fingerprint density at radius 2 is 2.07 bits per heavy atom. The first-order chi connectivity index (χ1) is 7.29. The molecule has 1 aliphatic heterocycles. The molecule has 0 aliphatic carbocycles. The summed E-state index contributed by atoms with van der Waals surface area (Å²) in [6.07, 6.45) is 3.87. The predicted molar refractivity (Wildman–Crippen MR) is 58.0 cm³/mol. The number of aromatic nitrogens is 1. The van der Waals surface area contributed by atoms with Crippen molar-refractivity contribution in [2.75, 3.05) is 36.8 Å². The van der Waals surface area contributed by atoms with Crippen LogP contribution in [0.5, 0.6) is 0 Å². The van der Waals surface area contributed by atoms with E-state index in [0.717, 1.165) is 31.9 Å². The summed E-state index contributed by atoms with van der Waals surface area (Å²) >= 11 is 0. The molecule has 2 N–H and O–H groups in total. The van der Waals surface area contributed by atoms with Crippen molar-refractivity contribution in [3.8, 4) is 6.19 Å². The summed E-state index contributed by atoms with van der Waals surface area (Å²) in [4.78, 5) is 7.93. The fourth-order valence-corrected chi connectivity index (χ4v) is 1.70. The first-order valence-corrected chi connectivity index (χ1v) is 4.91. The summed E-state index contributed by atoms with van der Waals surface area (Å²) in [7, 11) is 0. The van der Waals surface area contributed by atoms with Crippen LogP contribution in [0.1, 0.15) is 0 Å². The molecule has 5 heteroatoms. The predicted octanol–water partition coefficient (Wildman–Crippen LogP) is 0.267. The number of piperazine rings is 1. The molecule has 0 radical (unpaired) electrons. The van der Waals surface area contributed by atoms with Crippen LogP contribution in [-0.4, -0.2) is 36.1 Å². The van der Waals surface area contributed by atoms with Gasteiger partial charge in [0, 0.05) is 44.1 Å². The first-order valence-electron chi connectivity index (χ1n) is 4.91. The highest BCUT2D eigenvalue weighted by molar-refractivity contribution is 5.52. The van der Waals surface area contributed by atoms with Crippen LogP contribution < -0.4 is 10.6 Å². The summed E-state index contributed by atoms with van der Waals surface area (Å²) in [6, 6.07) is 3.81. The van der Waals surface area contributed by atoms with Crippen LogP contribution in [0.4, 0.5) is 11.5 Å². The highest BCUT2D eigenvalue weighted by Gasteiger charge is 2.15. The van der Waals surface area contributed by atoms with Crippen LogP contribution in [0.25, 0.3) is 0 Å². The highest BCUT2D eigenvalue weighted by Crippen LogP contribution is 2.17. The molecule has 1 aliphatic rings. The number of pyridine rings is 1. The quantitative estimate of drug-likeness (QED) is 0.663. The number of rotatable bonds is 1. The molecule has 78 valence electrons. The van der Waals surface area contributed by atoms with E-state index in [1.54, 1.807) is 11.1 Å². The number of nitrogen functional groups attached to an aromatic ring is 1. The number of nitriles is 1. The van der Waals surface area contributed by atoms with Crippen molar-refractivity contribution in [2.24, 2.45) is 0 Å². The second kappa shape index (κ2) is 4.05. The van der Waals surface area contributed by atoms with Crippen molar-refractivity contribution in [2.45, 2.75) is 0 Å². The van der Waals surface area contributed by atoms with E-state index in [4.69, 9.17) is 11.0 Å². The SMILES string of the molecule is N#CN1CCN(c2ccnc(N)c2)CC1. The maximum absolute atomic E-state index is 8.72. The lowest BCUT2D eigenvalue weighted by Gasteiger charge is -2.33. The van der Waals surface area contributed by atoms with Gasteiger partial charge in [0.15, 0.2) is 6.19 Å². The Kier molecular flexibility index (Phi) is 2.59. The molecule has 0 amide bonds. The number of nitrogens with zero attached hydrogens (tertiary/aromatic N) is 4. The van der Waals surface area contributed by atoms with E-state index in [-0.39, 0.29) is 0 Å². The molecule has 0 spiro atoms. The average Bonchev–Trinajstić information content (AvgIpc) is 2.29. The van der Waals surface area contributed by atoms with E-state index >= 15 is 0 Å². The summed E-state index contributed by atoms with van der Waals surface area (Å²) in [6.45, 7) is 3.27. The van der Waals surface area contributed by atoms with Gasteiger partial charge in [-0.05, 0) is 6.07 Å². The molecule has 0 atom stereocenters. The van der Waals surface area contributed by atoms with Crippen molar-refractivity contribution in [1.82, 2.24) is 9.88 Å². The minimum atomic E-state index is 0.537. The van der Waals surface area contributed by atoms with E-state index in [1.165, 1.54) is 0 Å². The van der Waals surface area contributed by atoms with Gasteiger partial charge in [-0.3, -0.25) is 0 Å². The van der Waals surface area contributed by atoms with Gasteiger partial charge in [-0.15, -0.1) is 0 Å². The zero-order valence-electron chi connectivity index (χ0n) is 8.43. The summed E-state index contributed by atoms with van der Waals surface area (Å²) in [5.41, 5.74) is 6.70. The van der Waals surface area contributed by atoms with Crippen molar-refractivity contribution < 1.29 is 0 Å². The van der Waals surface area contributed by atoms with Gasteiger partial charge >= 0.3 is 0 Å². The topological polar surface area (TPSA) is 69.2 Å². The average molecular weight is 203 g/mol. The molecule has 5 nitrogen and oxygen atoms in total. The van der Waals surface area contributed by atoms with Crippen molar-refractivity contribution >= 4 is 11.5 Å². The zero-order chi connectivity index (χ0) is 10.7. The minimum absolute atomic E-state index is 0.537. The lowest BCUT2D eigenvalue weighted by molar-refractivity contribution is 0.363. The van der Waals surface area contributed by atoms with Crippen molar-refractivity contribution in [1.29, 1.82) is 5.26 Å². The van der Waals surface area contributed by atoms with Crippen LogP contribution in [0.2, 0.25) is 0 Å². The fraction of sp³-hybridized carbons (Fsp3) is 0.400. The van der Waals surface area contributed by atoms with Gasteiger partial charge < -0.3 is 15.5 Å². The van der Waals surface area contributed by atoms with E-state index < -0.39 is 0 Å². The maximum Gasteiger partial charge on any atom is 0.179 e. The minimum Gasteiger partial charge on any atom is -0.384 e. The van der Waals surface area contributed by atoms with E-state index in [1.807, 2.05) is 12.1 Å². The van der Waals surface area contributed by atoms with Crippen LogP contribution in [0.15, 0.2) is 18.3 Å². The third-order valence-electron chi connectivity index (χ3n) is 2.55. The molecule has 1 fully saturated rings. The first kappa shape index (κ1) is 9.59. The molecule has 15 heavy (non-hydrogen) atoms. The lowest BCUT2D eigenvalue weighted by Crippen LogP contribution is -2.44. The maximum atomic E-state index is 8.72. The zero-order valence-corrected chi connectivity index (χ0v) is 8.43. The van der Waals surface area contributed by atoms with Gasteiger partial charge in [-0.2, -0.15) is 5.26 Å². The van der Waals surface area contributed by atoms with E-state index in [9.17, 15) is 0 Å². The molecule has 0 aromatic carbocycles. The number of anilines is 2. The molecule has 2 heterocycles. The van der Waals surface area contributed by atoms with Crippen LogP contribution in [0.3, 0.4) is 0 Å². The van der Waals surface area contributed by atoms with Crippen molar-refractivity contribution in [3.63, 3.8) is 0 Å². The van der Waals surface area contributed by atoms with Gasteiger partial charge in [-0.25, -0.2) is 4.98 Å². The normalized spacial score (nSPS) is 16.2. The van der Waals surface area contributed by atoms with Gasteiger partial charge in [0.05, 0.1) is 0 Å². The van der Waals surface area contributed by atoms with E-state index in [2.05, 4.69) is 16.1 Å². The largest absolute Gasteiger partial charge is 0.384 e. The Labute approximate surface area is 88.7 Å². The molecule has 1 aromatic heterocycles. The molecule has 0 saturated carbocycles. The Bertz CT molecular complexity index is 376. The Morgan fingerprint density at radius 3 is 2.67 bits per heavy atom. The van der Waals surface area contributed by atoms with Crippen LogP contribution in [0, 0.1) is 11.5 Å². The number of hydrogen-bond donors (Lipinski definition) is 1. The van der Waals surface area contributed by atoms with Crippen LogP contribution >= 0.6 is 0 Å².